The highest BCUT2D eigenvalue weighted by Gasteiger charge is 2.30. The van der Waals surface area contributed by atoms with Crippen molar-refractivity contribution in [2.75, 3.05) is 6.54 Å². The fourth-order valence-electron chi connectivity index (χ4n) is 4.24. The number of rotatable bonds is 4. The molecule has 0 aromatic carbocycles. The smallest absolute Gasteiger partial charge is 0.00462 e. The van der Waals surface area contributed by atoms with Crippen molar-refractivity contribution < 1.29 is 0 Å². The Kier molecular flexibility index (Phi) is 5.34. The lowest BCUT2D eigenvalue weighted by atomic mass is 9.68. The van der Waals surface area contributed by atoms with Crippen LogP contribution in [0.4, 0.5) is 0 Å². The highest BCUT2D eigenvalue weighted by Crippen LogP contribution is 2.40. The molecule has 1 heteroatoms. The standard InChI is InChI=1S/C16H31N/c1-2-13-8-9-15(12-17)16(10-13)11-14-6-4-3-5-7-14/h13-16H,2-12,17H2,1H3. The van der Waals surface area contributed by atoms with Crippen LogP contribution in [0.5, 0.6) is 0 Å². The number of hydrogen-bond donors (Lipinski definition) is 1. The van der Waals surface area contributed by atoms with E-state index in [-0.39, 0.29) is 0 Å². The van der Waals surface area contributed by atoms with Crippen molar-refractivity contribution in [2.24, 2.45) is 29.4 Å². The molecule has 2 aliphatic rings. The second-order valence-corrected chi connectivity index (χ2v) is 6.58. The minimum Gasteiger partial charge on any atom is -0.330 e. The summed E-state index contributed by atoms with van der Waals surface area (Å²) in [5.41, 5.74) is 5.99. The van der Waals surface area contributed by atoms with Crippen LogP contribution >= 0.6 is 0 Å². The molecule has 0 saturated heterocycles. The van der Waals surface area contributed by atoms with Crippen molar-refractivity contribution in [3.8, 4) is 0 Å². The first-order valence-corrected chi connectivity index (χ1v) is 8.03. The Labute approximate surface area is 108 Å². The summed E-state index contributed by atoms with van der Waals surface area (Å²) in [4.78, 5) is 0. The summed E-state index contributed by atoms with van der Waals surface area (Å²) in [5.74, 6) is 3.85. The van der Waals surface area contributed by atoms with Crippen LogP contribution in [-0.2, 0) is 0 Å². The monoisotopic (exact) mass is 237 g/mol. The Morgan fingerprint density at radius 2 is 1.65 bits per heavy atom. The molecule has 2 N–H and O–H groups in total. The van der Waals surface area contributed by atoms with E-state index in [4.69, 9.17) is 5.73 Å². The van der Waals surface area contributed by atoms with E-state index >= 15 is 0 Å². The van der Waals surface area contributed by atoms with E-state index in [2.05, 4.69) is 6.92 Å². The lowest BCUT2D eigenvalue weighted by molar-refractivity contribution is 0.140. The molecule has 3 atom stereocenters. The lowest BCUT2D eigenvalue weighted by Gasteiger charge is -2.38. The third-order valence-corrected chi connectivity index (χ3v) is 5.49. The van der Waals surface area contributed by atoms with E-state index in [0.29, 0.717) is 0 Å². The molecular weight excluding hydrogens is 206 g/mol. The first kappa shape index (κ1) is 13.4. The first-order valence-electron chi connectivity index (χ1n) is 8.03. The minimum atomic E-state index is 0.847. The van der Waals surface area contributed by atoms with Crippen LogP contribution in [0.2, 0.25) is 0 Å². The molecule has 0 aromatic heterocycles. The predicted molar refractivity (Wildman–Crippen MR) is 74.9 cm³/mol. The maximum Gasteiger partial charge on any atom is -0.00462 e. The molecule has 2 saturated carbocycles. The summed E-state index contributed by atoms with van der Waals surface area (Å²) >= 11 is 0. The molecule has 3 unspecified atom stereocenters. The zero-order chi connectivity index (χ0) is 12.1. The minimum absolute atomic E-state index is 0.847. The number of hydrogen-bond acceptors (Lipinski definition) is 1. The van der Waals surface area contributed by atoms with Gasteiger partial charge in [0, 0.05) is 0 Å². The average molecular weight is 237 g/mol. The van der Waals surface area contributed by atoms with Gasteiger partial charge < -0.3 is 5.73 Å². The van der Waals surface area contributed by atoms with Gasteiger partial charge in [-0.25, -0.2) is 0 Å². The van der Waals surface area contributed by atoms with E-state index in [1.54, 1.807) is 0 Å². The fraction of sp³-hybridized carbons (Fsp3) is 1.00. The second-order valence-electron chi connectivity index (χ2n) is 6.58. The van der Waals surface area contributed by atoms with Gasteiger partial charge in [-0.3, -0.25) is 0 Å². The molecule has 0 aromatic rings. The van der Waals surface area contributed by atoms with E-state index in [9.17, 15) is 0 Å². The Morgan fingerprint density at radius 1 is 0.882 bits per heavy atom. The van der Waals surface area contributed by atoms with Crippen LogP contribution in [-0.4, -0.2) is 6.54 Å². The fourth-order valence-corrected chi connectivity index (χ4v) is 4.24. The summed E-state index contributed by atoms with van der Waals surface area (Å²) in [6.45, 7) is 3.30. The van der Waals surface area contributed by atoms with Crippen LogP contribution in [0, 0.1) is 23.7 Å². The SMILES string of the molecule is CCC1CCC(CN)C(CC2CCCCC2)C1. The third-order valence-electron chi connectivity index (χ3n) is 5.49. The van der Waals surface area contributed by atoms with Crippen molar-refractivity contribution in [3.05, 3.63) is 0 Å². The molecular formula is C16H31N. The summed E-state index contributed by atoms with van der Waals surface area (Å²) < 4.78 is 0. The van der Waals surface area contributed by atoms with E-state index in [1.807, 2.05) is 0 Å². The van der Waals surface area contributed by atoms with Crippen LogP contribution < -0.4 is 5.73 Å². The van der Waals surface area contributed by atoms with Gasteiger partial charge in [0.1, 0.15) is 0 Å². The summed E-state index contributed by atoms with van der Waals surface area (Å²) in [7, 11) is 0. The molecule has 100 valence electrons. The van der Waals surface area contributed by atoms with Crippen LogP contribution in [0.25, 0.3) is 0 Å². The zero-order valence-electron chi connectivity index (χ0n) is 11.7. The van der Waals surface area contributed by atoms with E-state index < -0.39 is 0 Å². The van der Waals surface area contributed by atoms with Gasteiger partial charge in [-0.1, -0.05) is 51.9 Å². The molecule has 0 spiro atoms. The van der Waals surface area contributed by atoms with E-state index in [0.717, 1.165) is 30.2 Å². The van der Waals surface area contributed by atoms with Crippen molar-refractivity contribution >= 4 is 0 Å². The van der Waals surface area contributed by atoms with Gasteiger partial charge in [0.2, 0.25) is 0 Å². The highest BCUT2D eigenvalue weighted by molar-refractivity contribution is 4.82. The Bertz CT molecular complexity index is 208. The molecule has 2 aliphatic carbocycles. The van der Waals surface area contributed by atoms with E-state index in [1.165, 1.54) is 64.2 Å². The summed E-state index contributed by atoms with van der Waals surface area (Å²) in [6.07, 6.45) is 14.7. The third kappa shape index (κ3) is 3.71. The molecule has 17 heavy (non-hydrogen) atoms. The van der Waals surface area contributed by atoms with Crippen LogP contribution in [0.15, 0.2) is 0 Å². The molecule has 0 heterocycles. The van der Waals surface area contributed by atoms with Gasteiger partial charge in [-0.2, -0.15) is 0 Å². The number of nitrogens with two attached hydrogens (primary N) is 1. The average Bonchev–Trinajstić information content (AvgIpc) is 2.40. The van der Waals surface area contributed by atoms with Gasteiger partial charge in [-0.05, 0) is 49.5 Å². The maximum absolute atomic E-state index is 5.99. The normalized spacial score (nSPS) is 36.0. The second kappa shape index (κ2) is 6.78. The van der Waals surface area contributed by atoms with Crippen molar-refractivity contribution in [1.29, 1.82) is 0 Å². The Hall–Kier alpha value is -0.0400. The van der Waals surface area contributed by atoms with Gasteiger partial charge in [0.25, 0.3) is 0 Å². The predicted octanol–water partition coefficient (Wildman–Crippen LogP) is 4.36. The first-order chi connectivity index (χ1) is 8.33. The Morgan fingerprint density at radius 3 is 2.29 bits per heavy atom. The van der Waals surface area contributed by atoms with Gasteiger partial charge in [0.05, 0.1) is 0 Å². The summed E-state index contributed by atoms with van der Waals surface area (Å²) in [6, 6.07) is 0. The lowest BCUT2D eigenvalue weighted by Crippen LogP contribution is -2.32. The highest BCUT2D eigenvalue weighted by atomic mass is 14.6. The van der Waals surface area contributed by atoms with Crippen LogP contribution in [0.3, 0.4) is 0 Å². The van der Waals surface area contributed by atoms with Crippen LogP contribution in [0.1, 0.15) is 71.1 Å². The van der Waals surface area contributed by atoms with Gasteiger partial charge in [-0.15, -0.1) is 0 Å². The molecule has 0 bridgehead atoms. The van der Waals surface area contributed by atoms with Gasteiger partial charge >= 0.3 is 0 Å². The topological polar surface area (TPSA) is 26.0 Å². The van der Waals surface area contributed by atoms with Crippen molar-refractivity contribution in [1.82, 2.24) is 0 Å². The van der Waals surface area contributed by atoms with Crippen molar-refractivity contribution in [2.45, 2.75) is 71.1 Å². The molecule has 0 radical (unpaired) electrons. The molecule has 0 aliphatic heterocycles. The van der Waals surface area contributed by atoms with Gasteiger partial charge in [0.15, 0.2) is 0 Å². The molecule has 0 amide bonds. The summed E-state index contributed by atoms with van der Waals surface area (Å²) in [5, 5.41) is 0. The molecule has 2 fully saturated rings. The quantitative estimate of drug-likeness (QED) is 0.772. The molecule has 2 rings (SSSR count). The Balaban J connectivity index is 1.85. The molecule has 1 nitrogen and oxygen atoms in total. The van der Waals surface area contributed by atoms with Crippen molar-refractivity contribution in [3.63, 3.8) is 0 Å². The maximum atomic E-state index is 5.99. The largest absolute Gasteiger partial charge is 0.330 e. The zero-order valence-corrected chi connectivity index (χ0v) is 11.7.